The third-order valence-electron chi connectivity index (χ3n) is 2.24. The lowest BCUT2D eigenvalue weighted by Gasteiger charge is -2.11. The van der Waals surface area contributed by atoms with Crippen molar-refractivity contribution in [1.82, 2.24) is 0 Å². The van der Waals surface area contributed by atoms with Crippen LogP contribution in [-0.4, -0.2) is 23.2 Å². The second-order valence-corrected chi connectivity index (χ2v) is 3.98. The summed E-state index contributed by atoms with van der Waals surface area (Å²) in [7, 11) is 0. The van der Waals surface area contributed by atoms with Gasteiger partial charge in [-0.25, -0.2) is 0 Å². The van der Waals surface area contributed by atoms with Crippen LogP contribution < -0.4 is 5.32 Å². The summed E-state index contributed by atoms with van der Waals surface area (Å²) in [6.45, 7) is 4.41. The molecule has 0 heterocycles. The molecule has 1 rings (SSSR count). The minimum absolute atomic E-state index is 0.0825. The lowest BCUT2D eigenvalue weighted by atomic mass is 10.1. The number of rotatable bonds is 5. The Morgan fingerprint density at radius 2 is 2.19 bits per heavy atom. The molecule has 1 atom stereocenters. The number of nitro benzene ring substituents is 1. The zero-order chi connectivity index (χ0) is 12.1. The number of hydrogen-bond donors (Lipinski definition) is 2. The van der Waals surface area contributed by atoms with Crippen molar-refractivity contribution >= 4 is 11.4 Å². The molecule has 2 N–H and O–H groups in total. The van der Waals surface area contributed by atoms with Crippen LogP contribution in [0.5, 0.6) is 0 Å². The quantitative estimate of drug-likeness (QED) is 0.592. The summed E-state index contributed by atoms with van der Waals surface area (Å²) < 4.78 is 0. The number of aliphatic hydroxyl groups is 1. The zero-order valence-electron chi connectivity index (χ0n) is 9.43. The molecule has 1 aromatic carbocycles. The molecule has 1 aromatic rings. The molecule has 0 fully saturated rings. The fraction of sp³-hybridized carbons (Fsp3) is 0.455. The molecule has 1 unspecified atom stereocenters. The largest absolute Gasteiger partial charge is 0.396 e. The smallest absolute Gasteiger partial charge is 0.271 e. The fourth-order valence-corrected chi connectivity index (χ4v) is 1.33. The summed E-state index contributed by atoms with van der Waals surface area (Å²) >= 11 is 0. The average molecular weight is 224 g/mol. The van der Waals surface area contributed by atoms with E-state index in [0.29, 0.717) is 12.2 Å². The van der Waals surface area contributed by atoms with E-state index in [2.05, 4.69) is 5.32 Å². The number of nitrogens with zero attached hydrogens (tertiary/aromatic N) is 1. The second-order valence-electron chi connectivity index (χ2n) is 3.98. The van der Waals surface area contributed by atoms with Gasteiger partial charge in [-0.15, -0.1) is 0 Å². The minimum Gasteiger partial charge on any atom is -0.396 e. The second kappa shape index (κ2) is 5.46. The van der Waals surface area contributed by atoms with Crippen LogP contribution in [-0.2, 0) is 0 Å². The summed E-state index contributed by atoms with van der Waals surface area (Å²) in [5.74, 6) is 0.125. The van der Waals surface area contributed by atoms with Crippen molar-refractivity contribution in [1.29, 1.82) is 0 Å². The third-order valence-corrected chi connectivity index (χ3v) is 2.24. The summed E-state index contributed by atoms with van der Waals surface area (Å²) in [6, 6.07) is 4.87. The molecule has 0 radical (unpaired) electrons. The van der Waals surface area contributed by atoms with Gasteiger partial charge < -0.3 is 10.4 Å². The topological polar surface area (TPSA) is 75.4 Å². The standard InChI is InChI=1S/C11H16N2O3/c1-8-3-10(12-6-9(2)7-14)5-11(4-8)13(15)16/h3-5,9,12,14H,6-7H2,1-2H3. The molecule has 5 nitrogen and oxygen atoms in total. The van der Waals surface area contributed by atoms with Crippen LogP contribution in [0.15, 0.2) is 18.2 Å². The van der Waals surface area contributed by atoms with Gasteiger partial charge in [0.2, 0.25) is 0 Å². The lowest BCUT2D eigenvalue weighted by Crippen LogP contribution is -2.14. The van der Waals surface area contributed by atoms with E-state index in [-0.39, 0.29) is 18.2 Å². The van der Waals surface area contributed by atoms with Gasteiger partial charge >= 0.3 is 0 Å². The molecule has 0 bridgehead atoms. The molecule has 0 saturated heterocycles. The van der Waals surface area contributed by atoms with Crippen molar-refractivity contribution in [3.05, 3.63) is 33.9 Å². The Kier molecular flexibility index (Phi) is 4.25. The number of hydrogen-bond acceptors (Lipinski definition) is 4. The van der Waals surface area contributed by atoms with Crippen LogP contribution in [0.2, 0.25) is 0 Å². The van der Waals surface area contributed by atoms with Crippen molar-refractivity contribution < 1.29 is 10.0 Å². The predicted octanol–water partition coefficient (Wildman–Crippen LogP) is 1.94. The van der Waals surface area contributed by atoms with Crippen molar-refractivity contribution in [2.75, 3.05) is 18.5 Å². The first-order valence-electron chi connectivity index (χ1n) is 5.13. The monoisotopic (exact) mass is 224 g/mol. The van der Waals surface area contributed by atoms with Crippen molar-refractivity contribution in [3.8, 4) is 0 Å². The van der Waals surface area contributed by atoms with Crippen LogP contribution in [0.3, 0.4) is 0 Å². The van der Waals surface area contributed by atoms with E-state index in [0.717, 1.165) is 5.56 Å². The molecular weight excluding hydrogens is 208 g/mol. The Labute approximate surface area is 94.3 Å². The van der Waals surface area contributed by atoms with E-state index < -0.39 is 4.92 Å². The molecule has 5 heteroatoms. The Hall–Kier alpha value is -1.62. The molecule has 0 aliphatic rings. The average Bonchev–Trinajstić information content (AvgIpc) is 2.25. The van der Waals surface area contributed by atoms with Crippen LogP contribution >= 0.6 is 0 Å². The molecule has 0 aliphatic carbocycles. The van der Waals surface area contributed by atoms with Crippen LogP contribution in [0.25, 0.3) is 0 Å². The number of aliphatic hydroxyl groups excluding tert-OH is 1. The molecule has 0 spiro atoms. The third kappa shape index (κ3) is 3.51. The van der Waals surface area contributed by atoms with Crippen LogP contribution in [0.1, 0.15) is 12.5 Å². The number of nitrogens with one attached hydrogen (secondary N) is 1. The van der Waals surface area contributed by atoms with Crippen molar-refractivity contribution in [3.63, 3.8) is 0 Å². The first-order valence-corrected chi connectivity index (χ1v) is 5.13. The van der Waals surface area contributed by atoms with Crippen LogP contribution in [0, 0.1) is 23.0 Å². The van der Waals surface area contributed by atoms with E-state index in [1.165, 1.54) is 12.1 Å². The zero-order valence-corrected chi connectivity index (χ0v) is 9.43. The number of nitro groups is 1. The number of benzene rings is 1. The number of anilines is 1. The van der Waals surface area contributed by atoms with Gasteiger partial charge in [-0.1, -0.05) is 6.92 Å². The van der Waals surface area contributed by atoms with Crippen molar-refractivity contribution in [2.24, 2.45) is 5.92 Å². The number of non-ortho nitro benzene ring substituents is 1. The summed E-state index contributed by atoms with van der Waals surface area (Å²) in [5.41, 5.74) is 1.64. The molecule has 0 saturated carbocycles. The summed E-state index contributed by atoms with van der Waals surface area (Å²) in [6.07, 6.45) is 0. The van der Waals surface area contributed by atoms with Gasteiger partial charge in [0.25, 0.3) is 5.69 Å². The van der Waals surface area contributed by atoms with Gasteiger partial charge in [-0.3, -0.25) is 10.1 Å². The first-order chi connectivity index (χ1) is 7.52. The highest BCUT2D eigenvalue weighted by molar-refractivity contribution is 5.53. The van der Waals surface area contributed by atoms with E-state index in [4.69, 9.17) is 5.11 Å². The van der Waals surface area contributed by atoms with Gasteiger partial charge in [0.15, 0.2) is 0 Å². The Morgan fingerprint density at radius 3 is 2.75 bits per heavy atom. The van der Waals surface area contributed by atoms with Gasteiger partial charge in [-0.2, -0.15) is 0 Å². The molecule has 0 aliphatic heterocycles. The molecular formula is C11H16N2O3. The molecule has 0 amide bonds. The van der Waals surface area contributed by atoms with Gasteiger partial charge in [0.1, 0.15) is 0 Å². The molecule has 0 aromatic heterocycles. The fourth-order valence-electron chi connectivity index (χ4n) is 1.33. The minimum atomic E-state index is -0.409. The maximum absolute atomic E-state index is 10.6. The van der Waals surface area contributed by atoms with E-state index in [1.807, 2.05) is 19.9 Å². The van der Waals surface area contributed by atoms with Gasteiger partial charge in [-0.05, 0) is 24.5 Å². The SMILES string of the molecule is Cc1cc(NCC(C)CO)cc([N+](=O)[O-])c1. The van der Waals surface area contributed by atoms with Crippen molar-refractivity contribution in [2.45, 2.75) is 13.8 Å². The summed E-state index contributed by atoms with van der Waals surface area (Å²) in [4.78, 5) is 10.2. The maximum atomic E-state index is 10.6. The highest BCUT2D eigenvalue weighted by Crippen LogP contribution is 2.20. The van der Waals surface area contributed by atoms with E-state index in [9.17, 15) is 10.1 Å². The Bertz CT molecular complexity index is 379. The maximum Gasteiger partial charge on any atom is 0.271 e. The van der Waals surface area contributed by atoms with Crippen LogP contribution in [0.4, 0.5) is 11.4 Å². The highest BCUT2D eigenvalue weighted by Gasteiger charge is 2.08. The van der Waals surface area contributed by atoms with E-state index >= 15 is 0 Å². The number of aryl methyl sites for hydroxylation is 1. The molecule has 88 valence electrons. The Morgan fingerprint density at radius 1 is 1.50 bits per heavy atom. The lowest BCUT2D eigenvalue weighted by molar-refractivity contribution is -0.384. The highest BCUT2D eigenvalue weighted by atomic mass is 16.6. The predicted molar refractivity (Wildman–Crippen MR) is 62.6 cm³/mol. The Balaban J connectivity index is 2.76. The van der Waals surface area contributed by atoms with Gasteiger partial charge in [0, 0.05) is 31.0 Å². The first kappa shape index (κ1) is 12.4. The normalized spacial score (nSPS) is 12.2. The van der Waals surface area contributed by atoms with Gasteiger partial charge in [0.05, 0.1) is 4.92 Å². The molecule has 16 heavy (non-hydrogen) atoms. The van der Waals surface area contributed by atoms with E-state index in [1.54, 1.807) is 0 Å². The summed E-state index contributed by atoms with van der Waals surface area (Å²) in [5, 5.41) is 22.6.